The monoisotopic (exact) mass is 219 g/mol. The van der Waals surface area contributed by atoms with E-state index >= 15 is 0 Å². The zero-order valence-electron chi connectivity index (χ0n) is 7.52. The van der Waals surface area contributed by atoms with Crippen molar-refractivity contribution in [2.75, 3.05) is 0 Å². The Labute approximate surface area is 83.7 Å². The highest BCUT2D eigenvalue weighted by Crippen LogP contribution is 2.29. The molecule has 1 heterocycles. The number of nitrogens with zero attached hydrogens (tertiary/aromatic N) is 3. The molecule has 5 nitrogen and oxygen atoms in total. The van der Waals surface area contributed by atoms with Crippen LogP contribution in [0.4, 0.5) is 13.2 Å². The summed E-state index contributed by atoms with van der Waals surface area (Å²) in [7, 11) is 4.53. The van der Waals surface area contributed by atoms with Crippen molar-refractivity contribution < 1.29 is 22.6 Å². The lowest BCUT2D eigenvalue weighted by atomic mass is 10.3. The average Bonchev–Trinajstić information content (AvgIpc) is 2.62. The number of halogens is 3. The highest BCUT2D eigenvalue weighted by atomic mass is 19.4. The molecule has 15 heavy (non-hydrogen) atoms. The van der Waals surface area contributed by atoms with Crippen molar-refractivity contribution in [3.63, 3.8) is 0 Å². The third kappa shape index (κ3) is 2.28. The van der Waals surface area contributed by atoms with Crippen molar-refractivity contribution in [2.24, 2.45) is 0 Å². The van der Waals surface area contributed by atoms with Gasteiger partial charge in [-0.05, 0) is 6.92 Å². The number of aromatic nitrogens is 3. The van der Waals surface area contributed by atoms with E-state index in [2.05, 4.69) is 22.8 Å². The normalized spacial score (nSPS) is 13.6. The van der Waals surface area contributed by atoms with Crippen molar-refractivity contribution >= 4 is 14.0 Å². The molecule has 2 radical (unpaired) electrons. The third-order valence-corrected chi connectivity index (χ3v) is 1.70. The molecule has 1 rings (SSSR count). The molecule has 0 amide bonds. The molecule has 0 N–H and O–H groups in total. The van der Waals surface area contributed by atoms with Gasteiger partial charge in [-0.1, -0.05) is 0 Å². The Bertz CT molecular complexity index is 365. The smallest absolute Gasteiger partial charge is 0.410 e. The molecule has 0 saturated heterocycles. The highest BCUT2D eigenvalue weighted by molar-refractivity contribution is 6.08. The molecule has 1 aromatic rings. The predicted octanol–water partition coefficient (Wildman–Crippen LogP) is 0.642. The van der Waals surface area contributed by atoms with Crippen LogP contribution >= 0.6 is 0 Å². The lowest BCUT2D eigenvalue weighted by Gasteiger charge is -2.16. The van der Waals surface area contributed by atoms with E-state index in [1.54, 1.807) is 0 Å². The predicted molar refractivity (Wildman–Crippen MR) is 42.0 cm³/mol. The fourth-order valence-electron chi connectivity index (χ4n) is 0.871. The summed E-state index contributed by atoms with van der Waals surface area (Å²) in [6, 6.07) is -1.98. The molecular weight excluding hydrogens is 214 g/mol. The Kier molecular flexibility index (Phi) is 3.01. The molecule has 0 unspecified atom stereocenters. The van der Waals surface area contributed by atoms with Crippen molar-refractivity contribution in [3.8, 4) is 0 Å². The van der Waals surface area contributed by atoms with E-state index < -0.39 is 24.0 Å². The number of carbonyl (C=O) groups excluding carboxylic acids is 1. The number of carbonyl (C=O) groups is 1. The van der Waals surface area contributed by atoms with E-state index in [9.17, 15) is 18.0 Å². The first-order valence-electron chi connectivity index (χ1n) is 3.75. The minimum absolute atomic E-state index is 0.398. The summed E-state index contributed by atoms with van der Waals surface area (Å²) >= 11 is 0. The van der Waals surface area contributed by atoms with E-state index in [1.807, 2.05) is 0 Å². The van der Waals surface area contributed by atoms with Crippen LogP contribution in [0.1, 0.15) is 23.6 Å². The van der Waals surface area contributed by atoms with Gasteiger partial charge < -0.3 is 4.65 Å². The van der Waals surface area contributed by atoms with E-state index in [0.29, 0.717) is 4.68 Å². The van der Waals surface area contributed by atoms with Crippen molar-refractivity contribution in [3.05, 3.63) is 12.2 Å². The number of alkyl halides is 3. The summed E-state index contributed by atoms with van der Waals surface area (Å²) < 4.78 is 41.0. The van der Waals surface area contributed by atoms with Crippen LogP contribution in [0, 0.1) is 0 Å². The van der Waals surface area contributed by atoms with Gasteiger partial charge in [-0.25, -0.2) is 14.5 Å². The first-order valence-corrected chi connectivity index (χ1v) is 3.75. The van der Waals surface area contributed by atoms with Crippen molar-refractivity contribution in [2.45, 2.75) is 19.1 Å². The van der Waals surface area contributed by atoms with Crippen LogP contribution in [0.25, 0.3) is 0 Å². The number of rotatable bonds is 2. The Hall–Kier alpha value is -1.54. The first kappa shape index (κ1) is 11.5. The van der Waals surface area contributed by atoms with Gasteiger partial charge in [-0.15, -0.1) is 0 Å². The molecule has 9 heteroatoms. The van der Waals surface area contributed by atoms with Gasteiger partial charge in [0.25, 0.3) is 0 Å². The minimum atomic E-state index is -4.53. The van der Waals surface area contributed by atoms with Crippen LogP contribution in [-0.2, 0) is 4.65 Å². The van der Waals surface area contributed by atoms with Crippen LogP contribution in [0.2, 0.25) is 0 Å². The van der Waals surface area contributed by atoms with Crippen molar-refractivity contribution in [1.82, 2.24) is 14.8 Å². The van der Waals surface area contributed by atoms with E-state index in [1.165, 1.54) is 0 Å². The van der Waals surface area contributed by atoms with Gasteiger partial charge in [0.1, 0.15) is 12.4 Å². The first-order chi connectivity index (χ1) is 6.88. The summed E-state index contributed by atoms with van der Waals surface area (Å²) in [5.74, 6) is -1.77. The summed E-state index contributed by atoms with van der Waals surface area (Å²) in [5.41, 5.74) is 0. The molecule has 0 aliphatic rings. The van der Waals surface area contributed by atoms with Crippen LogP contribution < -0.4 is 0 Å². The van der Waals surface area contributed by atoms with Gasteiger partial charge in [0.2, 0.25) is 5.82 Å². The van der Waals surface area contributed by atoms with E-state index in [-0.39, 0.29) is 0 Å². The quantitative estimate of drug-likeness (QED) is 0.684. The van der Waals surface area contributed by atoms with Gasteiger partial charge >= 0.3 is 20.2 Å². The second-order valence-corrected chi connectivity index (χ2v) is 2.65. The Morgan fingerprint density at radius 2 is 2.27 bits per heavy atom. The number of hydrogen-bond donors (Lipinski definition) is 0. The van der Waals surface area contributed by atoms with Crippen LogP contribution in [0.5, 0.6) is 0 Å². The maximum atomic E-state index is 12.3. The van der Waals surface area contributed by atoms with Crippen LogP contribution in [0.15, 0.2) is 6.33 Å². The Morgan fingerprint density at radius 1 is 1.67 bits per heavy atom. The summed E-state index contributed by atoms with van der Waals surface area (Å²) in [5, 5.41) is 3.28. The fraction of sp³-hybridized carbons (Fsp3) is 0.500. The standard InChI is InChI=1S/C6H5BF3N3O2/c1-3(6(8,9)10)13-4(5(14)15-7)11-2-12-13/h2-3H,1H3/t3-/m1/s1. The van der Waals surface area contributed by atoms with Gasteiger partial charge in [-0.3, -0.25) is 0 Å². The molecule has 80 valence electrons. The van der Waals surface area contributed by atoms with Crippen LogP contribution in [0.3, 0.4) is 0 Å². The molecule has 1 aromatic heterocycles. The summed E-state index contributed by atoms with van der Waals surface area (Å²) in [6.45, 7) is 0.835. The van der Waals surface area contributed by atoms with Crippen molar-refractivity contribution in [1.29, 1.82) is 0 Å². The highest BCUT2D eigenvalue weighted by Gasteiger charge is 2.40. The molecule has 0 aromatic carbocycles. The van der Waals surface area contributed by atoms with E-state index in [4.69, 9.17) is 0 Å². The molecule has 0 spiro atoms. The lowest BCUT2D eigenvalue weighted by Crippen LogP contribution is -2.28. The SMILES string of the molecule is [B]OC(=O)c1ncnn1[C@H](C)C(F)(F)F. The third-order valence-electron chi connectivity index (χ3n) is 1.70. The maximum absolute atomic E-state index is 12.3. The van der Waals surface area contributed by atoms with E-state index in [0.717, 1.165) is 13.3 Å². The summed E-state index contributed by atoms with van der Waals surface area (Å²) in [4.78, 5) is 14.2. The average molecular weight is 219 g/mol. The Balaban J connectivity index is 3.05. The lowest BCUT2D eigenvalue weighted by molar-refractivity contribution is -0.165. The Morgan fingerprint density at radius 3 is 2.73 bits per heavy atom. The van der Waals surface area contributed by atoms with Gasteiger partial charge in [0.15, 0.2) is 0 Å². The molecule has 0 aliphatic heterocycles. The maximum Gasteiger partial charge on any atom is 0.410 e. The topological polar surface area (TPSA) is 57.0 Å². The zero-order chi connectivity index (χ0) is 11.6. The second-order valence-electron chi connectivity index (χ2n) is 2.65. The summed E-state index contributed by atoms with van der Waals surface area (Å²) in [6.07, 6.45) is -3.72. The molecule has 0 saturated carbocycles. The second kappa shape index (κ2) is 3.91. The molecule has 0 aliphatic carbocycles. The molecule has 0 fully saturated rings. The van der Waals surface area contributed by atoms with Gasteiger partial charge in [0.05, 0.1) is 0 Å². The minimum Gasteiger partial charge on any atom is -0.538 e. The largest absolute Gasteiger partial charge is 0.538 e. The zero-order valence-corrected chi connectivity index (χ0v) is 7.52. The van der Waals surface area contributed by atoms with Gasteiger partial charge in [0, 0.05) is 0 Å². The van der Waals surface area contributed by atoms with Gasteiger partial charge in [-0.2, -0.15) is 18.3 Å². The van der Waals surface area contributed by atoms with Crippen LogP contribution in [-0.4, -0.2) is 35.0 Å². The number of hydrogen-bond acceptors (Lipinski definition) is 4. The molecular formula is C6H5BF3N3O2. The fourth-order valence-corrected chi connectivity index (χ4v) is 0.871. The molecule has 1 atom stereocenters. The molecule has 0 bridgehead atoms.